The first kappa shape index (κ1) is 33.9. The number of carbonyl (C=O) groups excluding carboxylic acids is 2. The van der Waals surface area contributed by atoms with Gasteiger partial charge in [0.2, 0.25) is 5.91 Å². The van der Waals surface area contributed by atoms with Crippen LogP contribution in [0.4, 0.5) is 20.7 Å². The molecule has 0 aliphatic carbocycles. The number of hydrogen-bond acceptors (Lipinski definition) is 8. The molecule has 0 bridgehead atoms. The predicted molar refractivity (Wildman–Crippen MR) is 184 cm³/mol. The number of aromatic nitrogens is 3. The Morgan fingerprint density at radius 2 is 1.89 bits per heavy atom. The van der Waals surface area contributed by atoms with Gasteiger partial charge in [-0.2, -0.15) is 0 Å². The van der Waals surface area contributed by atoms with E-state index in [9.17, 15) is 14.0 Å². The highest BCUT2D eigenvalue weighted by Gasteiger charge is 2.29. The molecule has 1 fully saturated rings. The Hall–Kier alpha value is -4.42. The third-order valence-electron chi connectivity index (χ3n) is 7.69. The Morgan fingerprint density at radius 1 is 1.13 bits per heavy atom. The highest BCUT2D eigenvalue weighted by Crippen LogP contribution is 2.44. The van der Waals surface area contributed by atoms with Gasteiger partial charge in [-0.25, -0.2) is 19.2 Å². The molecule has 0 radical (unpaired) electrons. The van der Waals surface area contributed by atoms with E-state index >= 15 is 0 Å². The van der Waals surface area contributed by atoms with E-state index in [4.69, 9.17) is 26.3 Å². The van der Waals surface area contributed by atoms with Gasteiger partial charge in [0, 0.05) is 49.0 Å². The number of fused-ring (bicyclic) bond motifs is 1. The van der Waals surface area contributed by atoms with Gasteiger partial charge in [-0.3, -0.25) is 4.79 Å². The van der Waals surface area contributed by atoms with Gasteiger partial charge >= 0.3 is 6.09 Å². The number of alkyl carbamates (subject to hydrolysis) is 1. The van der Waals surface area contributed by atoms with Crippen LogP contribution in [0.3, 0.4) is 0 Å². The Kier molecular flexibility index (Phi) is 10.5. The first-order valence-electron chi connectivity index (χ1n) is 15.8. The van der Waals surface area contributed by atoms with Crippen LogP contribution < -0.4 is 26.2 Å². The molecule has 11 nitrogen and oxygen atoms in total. The van der Waals surface area contributed by atoms with E-state index in [0.29, 0.717) is 66.8 Å². The van der Waals surface area contributed by atoms with Crippen LogP contribution in [0.15, 0.2) is 42.6 Å². The number of halogens is 2. The number of H-pyrrole nitrogens is 1. The number of hydrogen-bond donors (Lipinski definition) is 5. The number of likely N-dealkylation sites (N-methyl/N-ethyl adjacent to an activating group) is 1. The standard InChI is InChI=1S/C34H42ClFN8O3/c1-20-14-21(16-23(36)15-20)25-18-40-31(39-11-10-38-28(45)19-37-5)29(32-42-26-7-6-22(35)17-27(26)43-32)30(25)44-12-8-24(9-13-44)41-33(46)47-34(2,3)4/h6-7,14-18,24,37H,8-13,19H2,1-5H3,(H,38,45)(H,39,40)(H,41,46)(H,42,43). The molecule has 2 amide bonds. The van der Waals surface area contributed by atoms with Crippen molar-refractivity contribution in [2.75, 3.05) is 50.0 Å². The summed E-state index contributed by atoms with van der Waals surface area (Å²) in [6.45, 7) is 9.57. The predicted octanol–water partition coefficient (Wildman–Crippen LogP) is 5.63. The quantitative estimate of drug-likeness (QED) is 0.138. The molecule has 3 heterocycles. The van der Waals surface area contributed by atoms with Crippen molar-refractivity contribution >= 4 is 46.1 Å². The van der Waals surface area contributed by atoms with Gasteiger partial charge in [0.25, 0.3) is 0 Å². The average Bonchev–Trinajstić information content (AvgIpc) is 3.41. The maximum absolute atomic E-state index is 14.8. The number of pyridine rings is 1. The van der Waals surface area contributed by atoms with E-state index in [2.05, 4.69) is 31.2 Å². The molecule has 0 saturated carbocycles. The van der Waals surface area contributed by atoms with Crippen molar-refractivity contribution < 1.29 is 18.7 Å². The molecule has 1 aliphatic rings. The Labute approximate surface area is 279 Å². The number of aryl methyl sites for hydroxylation is 1. The van der Waals surface area contributed by atoms with Crippen LogP contribution in [-0.2, 0) is 9.53 Å². The lowest BCUT2D eigenvalue weighted by Crippen LogP contribution is -2.46. The lowest BCUT2D eigenvalue weighted by molar-refractivity contribution is -0.120. The number of nitrogens with one attached hydrogen (secondary N) is 5. The fourth-order valence-corrected chi connectivity index (χ4v) is 5.89. The normalized spacial score (nSPS) is 13.9. The van der Waals surface area contributed by atoms with Gasteiger partial charge in [0.05, 0.1) is 28.8 Å². The topological polar surface area (TPSA) is 136 Å². The summed E-state index contributed by atoms with van der Waals surface area (Å²) in [6.07, 6.45) is 2.64. The molecular formula is C34H42ClFN8O3. The zero-order valence-corrected chi connectivity index (χ0v) is 28.1. The van der Waals surface area contributed by atoms with Crippen LogP contribution in [0.5, 0.6) is 0 Å². The van der Waals surface area contributed by atoms with Crippen molar-refractivity contribution in [3.63, 3.8) is 0 Å². The third-order valence-corrected chi connectivity index (χ3v) is 7.93. The molecule has 1 saturated heterocycles. The van der Waals surface area contributed by atoms with Crippen molar-refractivity contribution in [1.29, 1.82) is 0 Å². The summed E-state index contributed by atoms with van der Waals surface area (Å²) in [5.41, 5.74) is 4.64. The second-order valence-electron chi connectivity index (χ2n) is 12.7. The lowest BCUT2D eigenvalue weighted by Gasteiger charge is -2.36. The molecular weight excluding hydrogens is 623 g/mol. The molecule has 47 heavy (non-hydrogen) atoms. The van der Waals surface area contributed by atoms with Crippen LogP contribution in [0.25, 0.3) is 33.5 Å². The van der Waals surface area contributed by atoms with Crippen molar-refractivity contribution in [2.45, 2.75) is 52.2 Å². The summed E-state index contributed by atoms with van der Waals surface area (Å²) < 4.78 is 20.3. The number of nitrogens with zero attached hydrogens (tertiary/aromatic N) is 3. The van der Waals surface area contributed by atoms with Crippen molar-refractivity contribution in [2.24, 2.45) is 0 Å². The minimum atomic E-state index is -0.593. The van der Waals surface area contributed by atoms with Crippen LogP contribution in [0.1, 0.15) is 39.2 Å². The first-order valence-corrected chi connectivity index (χ1v) is 16.1. The molecule has 250 valence electrons. The molecule has 1 aliphatic heterocycles. The SMILES string of the molecule is CNCC(=O)NCCNc1ncc(-c2cc(C)cc(F)c2)c(N2CCC(NC(=O)OC(C)(C)C)CC2)c1-c1nc2ccc(Cl)cc2[nH]1. The number of amides is 2. The molecule has 0 atom stereocenters. The molecule has 0 spiro atoms. The monoisotopic (exact) mass is 664 g/mol. The van der Waals surface area contributed by atoms with Gasteiger partial charge < -0.3 is 35.9 Å². The van der Waals surface area contributed by atoms with E-state index in [1.807, 2.05) is 45.9 Å². The fourth-order valence-electron chi connectivity index (χ4n) is 5.72. The average molecular weight is 665 g/mol. The van der Waals surface area contributed by atoms with Gasteiger partial charge in [0.1, 0.15) is 23.1 Å². The minimum absolute atomic E-state index is 0.0709. The molecule has 2 aromatic heterocycles. The third kappa shape index (κ3) is 8.69. The smallest absolute Gasteiger partial charge is 0.407 e. The summed E-state index contributed by atoms with van der Waals surface area (Å²) in [5, 5.41) is 12.7. The summed E-state index contributed by atoms with van der Waals surface area (Å²) in [4.78, 5) is 40.0. The van der Waals surface area contributed by atoms with Crippen LogP contribution in [-0.4, -0.2) is 78.4 Å². The largest absolute Gasteiger partial charge is 0.444 e. The molecule has 0 unspecified atom stereocenters. The van der Waals surface area contributed by atoms with E-state index in [1.165, 1.54) is 12.1 Å². The highest BCUT2D eigenvalue weighted by atomic mass is 35.5. The number of piperidine rings is 1. The maximum atomic E-state index is 14.8. The number of rotatable bonds is 10. The Balaban J connectivity index is 1.57. The zero-order valence-electron chi connectivity index (χ0n) is 27.4. The van der Waals surface area contributed by atoms with Crippen LogP contribution in [0, 0.1) is 12.7 Å². The Morgan fingerprint density at radius 3 is 2.60 bits per heavy atom. The van der Waals surface area contributed by atoms with E-state index < -0.39 is 11.7 Å². The number of anilines is 2. The molecule has 13 heteroatoms. The summed E-state index contributed by atoms with van der Waals surface area (Å²) in [6, 6.07) is 10.3. The van der Waals surface area contributed by atoms with E-state index in [0.717, 1.165) is 27.8 Å². The number of imidazole rings is 1. The molecule has 4 aromatic rings. The molecule has 5 N–H and O–H groups in total. The number of aromatic amines is 1. The number of ether oxygens (including phenoxy) is 1. The maximum Gasteiger partial charge on any atom is 0.407 e. The highest BCUT2D eigenvalue weighted by molar-refractivity contribution is 6.31. The van der Waals surface area contributed by atoms with Gasteiger partial charge in [0.15, 0.2) is 0 Å². The Bertz CT molecular complexity index is 1730. The number of carbonyl (C=O) groups is 2. The second-order valence-corrected chi connectivity index (χ2v) is 13.2. The fraction of sp³-hybridized carbons (Fsp3) is 0.412. The lowest BCUT2D eigenvalue weighted by atomic mass is 9.96. The van der Waals surface area contributed by atoms with E-state index in [-0.39, 0.29) is 24.3 Å². The van der Waals surface area contributed by atoms with Crippen LogP contribution >= 0.6 is 11.6 Å². The minimum Gasteiger partial charge on any atom is -0.444 e. The zero-order chi connectivity index (χ0) is 33.7. The van der Waals surface area contributed by atoms with E-state index in [1.54, 1.807) is 19.3 Å². The number of benzene rings is 2. The molecule has 2 aromatic carbocycles. The second kappa shape index (κ2) is 14.6. The molecule has 5 rings (SSSR count). The van der Waals surface area contributed by atoms with Crippen molar-refractivity contribution in [3.05, 3.63) is 59.0 Å². The van der Waals surface area contributed by atoms with Crippen LogP contribution in [0.2, 0.25) is 5.02 Å². The summed E-state index contributed by atoms with van der Waals surface area (Å²) in [7, 11) is 1.72. The van der Waals surface area contributed by atoms with Crippen molar-refractivity contribution in [1.82, 2.24) is 30.9 Å². The summed E-state index contributed by atoms with van der Waals surface area (Å²) >= 11 is 6.32. The van der Waals surface area contributed by atoms with Crippen molar-refractivity contribution in [3.8, 4) is 22.5 Å². The van der Waals surface area contributed by atoms with Gasteiger partial charge in [-0.15, -0.1) is 0 Å². The van der Waals surface area contributed by atoms with Gasteiger partial charge in [-0.05, 0) is 89.0 Å². The first-order chi connectivity index (χ1) is 22.4. The summed E-state index contributed by atoms with van der Waals surface area (Å²) in [5.74, 6) is 0.664. The van der Waals surface area contributed by atoms with Gasteiger partial charge in [-0.1, -0.05) is 17.7 Å².